The topological polar surface area (TPSA) is 21.3 Å². The third-order valence-electron chi connectivity index (χ3n) is 6.18. The summed E-state index contributed by atoms with van der Waals surface area (Å²) in [5.41, 5.74) is 3.31. The van der Waals surface area contributed by atoms with E-state index >= 15 is 0 Å². The van der Waals surface area contributed by atoms with Crippen LogP contribution in [-0.4, -0.2) is 19.2 Å². The van der Waals surface area contributed by atoms with Gasteiger partial charge in [0.1, 0.15) is 5.60 Å². The van der Waals surface area contributed by atoms with Crippen molar-refractivity contribution < 1.29 is 4.74 Å². The summed E-state index contributed by atoms with van der Waals surface area (Å²) in [5, 5.41) is 3.95. The molecule has 0 aliphatic heterocycles. The van der Waals surface area contributed by atoms with Crippen LogP contribution in [-0.2, 0) is 16.8 Å². The van der Waals surface area contributed by atoms with Crippen molar-refractivity contribution in [3.63, 3.8) is 0 Å². The first kappa shape index (κ1) is 23.5. The Labute approximate surface area is 193 Å². The molecular formula is C28H34ClNO. The lowest BCUT2D eigenvalue weighted by atomic mass is 9.77. The van der Waals surface area contributed by atoms with Crippen molar-refractivity contribution in [3.05, 3.63) is 108 Å². The molecule has 3 aromatic carbocycles. The molecule has 0 spiro atoms. The average molecular weight is 436 g/mol. The summed E-state index contributed by atoms with van der Waals surface area (Å²) in [5.74, 6) is 0.815. The van der Waals surface area contributed by atoms with Crippen molar-refractivity contribution in [3.8, 4) is 0 Å². The number of nitrogens with one attached hydrogen (secondary N) is 1. The zero-order chi connectivity index (χ0) is 20.7. The second kappa shape index (κ2) is 11.5. The molecule has 1 N–H and O–H groups in total. The predicted octanol–water partition coefficient (Wildman–Crippen LogP) is 6.39. The minimum Gasteiger partial charge on any atom is -0.364 e. The lowest BCUT2D eigenvalue weighted by Crippen LogP contribution is -2.52. The lowest BCUT2D eigenvalue weighted by Gasteiger charge is -2.42. The Morgan fingerprint density at radius 1 is 0.839 bits per heavy atom. The molecule has 31 heavy (non-hydrogen) atoms. The van der Waals surface area contributed by atoms with Crippen LogP contribution in [0.3, 0.4) is 0 Å². The van der Waals surface area contributed by atoms with Gasteiger partial charge in [0.05, 0.1) is 0 Å². The zero-order valence-corrected chi connectivity index (χ0v) is 19.2. The minimum atomic E-state index is -0.513. The van der Waals surface area contributed by atoms with Crippen molar-refractivity contribution in [1.29, 1.82) is 0 Å². The zero-order valence-electron chi connectivity index (χ0n) is 18.4. The first-order chi connectivity index (χ1) is 14.8. The Morgan fingerprint density at radius 3 is 1.84 bits per heavy atom. The predicted molar refractivity (Wildman–Crippen MR) is 132 cm³/mol. The van der Waals surface area contributed by atoms with Gasteiger partial charge in [0, 0.05) is 12.6 Å². The number of benzene rings is 3. The number of halogens is 1. The Kier molecular flexibility index (Phi) is 8.71. The molecule has 1 aliphatic carbocycles. The standard InChI is InChI=1S/C28H33NO.ClH/c1-2-30-28(25-14-8-4-9-15-25,26-16-10-5-11-17-26)27(29-22-24-18-19-24)21-20-23-12-6-3-7-13-23;/h3-17,24,27,29H,2,18-22H2,1H3;1H. The number of hydrogen-bond donors (Lipinski definition) is 1. The van der Waals surface area contributed by atoms with Crippen molar-refractivity contribution in [1.82, 2.24) is 5.32 Å². The number of aryl methyl sites for hydroxylation is 1. The molecule has 0 aromatic heterocycles. The van der Waals surface area contributed by atoms with E-state index in [-0.39, 0.29) is 18.4 Å². The van der Waals surface area contributed by atoms with Gasteiger partial charge in [-0.1, -0.05) is 91.0 Å². The van der Waals surface area contributed by atoms with Crippen LogP contribution in [0.15, 0.2) is 91.0 Å². The van der Waals surface area contributed by atoms with E-state index in [9.17, 15) is 0 Å². The Morgan fingerprint density at radius 2 is 1.35 bits per heavy atom. The minimum absolute atomic E-state index is 0. The SMILES string of the molecule is CCOC(c1ccccc1)(c1ccccc1)C(CCc1ccccc1)NCC1CC1.Cl. The highest BCUT2D eigenvalue weighted by Crippen LogP contribution is 2.39. The van der Waals surface area contributed by atoms with E-state index < -0.39 is 5.60 Å². The van der Waals surface area contributed by atoms with Crippen LogP contribution in [0.2, 0.25) is 0 Å². The Balaban J connectivity index is 0.00000272. The van der Waals surface area contributed by atoms with Crippen molar-refractivity contribution in [2.24, 2.45) is 5.92 Å². The van der Waals surface area contributed by atoms with Gasteiger partial charge in [-0.25, -0.2) is 0 Å². The number of ether oxygens (including phenoxy) is 1. The molecule has 0 heterocycles. The monoisotopic (exact) mass is 435 g/mol. The van der Waals surface area contributed by atoms with Gasteiger partial charge in [0.2, 0.25) is 0 Å². The summed E-state index contributed by atoms with van der Waals surface area (Å²) < 4.78 is 6.74. The maximum Gasteiger partial charge on any atom is 0.133 e. The van der Waals surface area contributed by atoms with E-state index in [0.717, 1.165) is 25.3 Å². The van der Waals surface area contributed by atoms with Crippen molar-refractivity contribution in [2.45, 2.75) is 44.2 Å². The first-order valence-electron chi connectivity index (χ1n) is 11.3. The van der Waals surface area contributed by atoms with Crippen LogP contribution < -0.4 is 5.32 Å². The maximum absolute atomic E-state index is 6.74. The molecule has 1 fully saturated rings. The summed E-state index contributed by atoms with van der Waals surface area (Å²) in [6.45, 7) is 3.83. The van der Waals surface area contributed by atoms with Crippen LogP contribution >= 0.6 is 12.4 Å². The van der Waals surface area contributed by atoms with Crippen molar-refractivity contribution in [2.75, 3.05) is 13.2 Å². The third-order valence-corrected chi connectivity index (χ3v) is 6.18. The number of rotatable bonds is 11. The van der Waals surface area contributed by atoms with Gasteiger partial charge >= 0.3 is 0 Å². The third kappa shape index (κ3) is 5.77. The molecule has 3 aromatic rings. The van der Waals surface area contributed by atoms with Gasteiger partial charge in [0.25, 0.3) is 0 Å². The number of hydrogen-bond acceptors (Lipinski definition) is 2. The van der Waals surface area contributed by atoms with Gasteiger partial charge in [-0.3, -0.25) is 0 Å². The Bertz CT molecular complexity index is 841. The largest absolute Gasteiger partial charge is 0.364 e. The fourth-order valence-electron chi connectivity index (χ4n) is 4.47. The quantitative estimate of drug-likeness (QED) is 0.376. The smallest absolute Gasteiger partial charge is 0.133 e. The van der Waals surface area contributed by atoms with Crippen molar-refractivity contribution >= 4 is 12.4 Å². The summed E-state index contributed by atoms with van der Waals surface area (Å²) in [6, 6.07) is 32.5. The molecule has 0 radical (unpaired) electrons. The summed E-state index contributed by atoms with van der Waals surface area (Å²) in [4.78, 5) is 0. The van der Waals surface area contributed by atoms with Crippen LogP contribution in [0.4, 0.5) is 0 Å². The summed E-state index contributed by atoms with van der Waals surface area (Å²) >= 11 is 0. The lowest BCUT2D eigenvalue weighted by molar-refractivity contribution is -0.0422. The van der Waals surface area contributed by atoms with Gasteiger partial charge in [-0.2, -0.15) is 0 Å². The van der Waals surface area contributed by atoms with Gasteiger partial charge in [0.15, 0.2) is 0 Å². The van der Waals surface area contributed by atoms with Crippen LogP contribution in [0.25, 0.3) is 0 Å². The molecule has 0 bridgehead atoms. The molecule has 1 aliphatic rings. The molecule has 4 rings (SSSR count). The molecule has 2 nitrogen and oxygen atoms in total. The fraction of sp³-hybridized carbons (Fsp3) is 0.357. The molecule has 164 valence electrons. The van der Waals surface area contributed by atoms with Crippen LogP contribution in [0, 0.1) is 5.92 Å². The van der Waals surface area contributed by atoms with Crippen LogP contribution in [0.1, 0.15) is 42.9 Å². The molecule has 1 atom stereocenters. The molecule has 0 saturated heterocycles. The highest BCUT2D eigenvalue weighted by atomic mass is 35.5. The van der Waals surface area contributed by atoms with E-state index in [4.69, 9.17) is 4.74 Å². The molecule has 1 saturated carbocycles. The highest BCUT2D eigenvalue weighted by molar-refractivity contribution is 5.85. The molecule has 3 heteroatoms. The van der Waals surface area contributed by atoms with Gasteiger partial charge in [-0.05, 0) is 61.8 Å². The van der Waals surface area contributed by atoms with Crippen LogP contribution in [0.5, 0.6) is 0 Å². The summed E-state index contributed by atoms with van der Waals surface area (Å²) in [6.07, 6.45) is 4.73. The fourth-order valence-corrected chi connectivity index (χ4v) is 4.47. The van der Waals surface area contributed by atoms with E-state index in [2.05, 4.69) is 103 Å². The summed E-state index contributed by atoms with van der Waals surface area (Å²) in [7, 11) is 0. The average Bonchev–Trinajstić information content (AvgIpc) is 3.64. The molecule has 1 unspecified atom stereocenters. The second-order valence-corrected chi connectivity index (χ2v) is 8.33. The van der Waals surface area contributed by atoms with E-state index in [1.165, 1.54) is 29.5 Å². The normalized spacial score (nSPS) is 14.6. The molecule has 0 amide bonds. The van der Waals surface area contributed by atoms with Gasteiger partial charge in [-0.15, -0.1) is 12.4 Å². The maximum atomic E-state index is 6.74. The van der Waals surface area contributed by atoms with E-state index in [0.29, 0.717) is 6.61 Å². The Hall–Kier alpha value is -2.13. The van der Waals surface area contributed by atoms with E-state index in [1.54, 1.807) is 0 Å². The van der Waals surface area contributed by atoms with Gasteiger partial charge < -0.3 is 10.1 Å². The second-order valence-electron chi connectivity index (χ2n) is 8.33. The molecular weight excluding hydrogens is 402 g/mol. The highest BCUT2D eigenvalue weighted by Gasteiger charge is 2.43. The van der Waals surface area contributed by atoms with E-state index in [1.807, 2.05) is 0 Å². The first-order valence-corrected chi connectivity index (χ1v) is 11.3.